The van der Waals surface area contributed by atoms with E-state index in [1.807, 2.05) is 37.3 Å². The number of nitrogens with one attached hydrogen (secondary N) is 3. The van der Waals surface area contributed by atoms with E-state index in [1.165, 1.54) is 33.5 Å². The molecule has 1 aromatic heterocycles. The molecule has 0 atom stereocenters. The Balaban J connectivity index is 1.34. The van der Waals surface area contributed by atoms with Crippen molar-refractivity contribution in [2.45, 2.75) is 26.2 Å². The van der Waals surface area contributed by atoms with Crippen LogP contribution in [0.2, 0.25) is 0 Å². The maximum absolute atomic E-state index is 12.1. The molecule has 8 heteroatoms. The van der Waals surface area contributed by atoms with Crippen molar-refractivity contribution in [2.75, 3.05) is 16.8 Å². The summed E-state index contributed by atoms with van der Waals surface area (Å²) in [6, 6.07) is 9.42. The van der Waals surface area contributed by atoms with Gasteiger partial charge in [-0.15, -0.1) is 23.1 Å². The molecular weight excluding hydrogens is 382 g/mol. The first-order valence-corrected chi connectivity index (χ1v) is 10.6. The molecular formula is C19H21N3O3S2. The van der Waals surface area contributed by atoms with E-state index in [4.69, 9.17) is 0 Å². The van der Waals surface area contributed by atoms with Crippen molar-refractivity contribution in [3.05, 3.63) is 51.2 Å². The van der Waals surface area contributed by atoms with Gasteiger partial charge in [-0.1, -0.05) is 12.1 Å². The molecule has 0 fully saturated rings. The van der Waals surface area contributed by atoms with E-state index >= 15 is 0 Å². The predicted molar refractivity (Wildman–Crippen MR) is 109 cm³/mol. The van der Waals surface area contributed by atoms with Crippen LogP contribution in [0.15, 0.2) is 30.3 Å². The zero-order valence-corrected chi connectivity index (χ0v) is 16.6. The normalized spacial score (nSPS) is 12.3. The van der Waals surface area contributed by atoms with Crippen molar-refractivity contribution in [3.8, 4) is 0 Å². The average Bonchev–Trinajstić information content (AvgIpc) is 3.21. The zero-order chi connectivity index (χ0) is 19.2. The monoisotopic (exact) mass is 403 g/mol. The second-order valence-corrected chi connectivity index (χ2v) is 8.45. The van der Waals surface area contributed by atoms with Gasteiger partial charge in [0.25, 0.3) is 5.91 Å². The van der Waals surface area contributed by atoms with Gasteiger partial charge >= 0.3 is 0 Å². The molecule has 0 saturated carbocycles. The Kier molecular flexibility index (Phi) is 6.52. The summed E-state index contributed by atoms with van der Waals surface area (Å²) in [7, 11) is 0. The number of benzene rings is 1. The van der Waals surface area contributed by atoms with Crippen LogP contribution in [0, 0.1) is 6.92 Å². The first-order valence-electron chi connectivity index (χ1n) is 8.66. The van der Waals surface area contributed by atoms with Gasteiger partial charge in [0.15, 0.2) is 0 Å². The van der Waals surface area contributed by atoms with Crippen molar-refractivity contribution in [1.29, 1.82) is 0 Å². The lowest BCUT2D eigenvalue weighted by atomic mass is 10.2. The van der Waals surface area contributed by atoms with Crippen molar-refractivity contribution >= 4 is 46.5 Å². The summed E-state index contributed by atoms with van der Waals surface area (Å²) < 4.78 is 0. The van der Waals surface area contributed by atoms with E-state index in [0.29, 0.717) is 4.88 Å². The summed E-state index contributed by atoms with van der Waals surface area (Å²) in [6.07, 6.45) is 3.20. The fourth-order valence-electron chi connectivity index (χ4n) is 2.82. The summed E-state index contributed by atoms with van der Waals surface area (Å²) in [5.74, 6) is -0.573. The Hall–Kier alpha value is -2.32. The highest BCUT2D eigenvalue weighted by Crippen LogP contribution is 2.30. The van der Waals surface area contributed by atoms with Gasteiger partial charge in [-0.05, 0) is 55.5 Å². The third-order valence-electron chi connectivity index (χ3n) is 4.05. The van der Waals surface area contributed by atoms with Gasteiger partial charge in [-0.25, -0.2) is 0 Å². The number of thioether (sulfide) groups is 1. The number of carbonyl (C=O) groups is 3. The first-order chi connectivity index (χ1) is 13.0. The van der Waals surface area contributed by atoms with E-state index in [9.17, 15) is 14.4 Å². The summed E-state index contributed by atoms with van der Waals surface area (Å²) in [4.78, 5) is 37.7. The molecule has 0 saturated heterocycles. The number of rotatable bonds is 6. The number of thiophene rings is 1. The molecule has 142 valence electrons. The van der Waals surface area contributed by atoms with Crippen LogP contribution in [-0.2, 0) is 22.4 Å². The standard InChI is InChI=1S/C19H21N3O3S2/c1-12-4-2-6-14(8-12)20-17(23)10-26-11-18(24)21-22-19(25)16-9-13-5-3-7-15(13)27-16/h2,4,6,8-9H,3,5,7,10-11H2,1H3,(H,20,23)(H,21,24)(H,22,25). The number of anilines is 1. The summed E-state index contributed by atoms with van der Waals surface area (Å²) in [6.45, 7) is 1.95. The predicted octanol–water partition coefficient (Wildman–Crippen LogP) is 2.68. The van der Waals surface area contributed by atoms with Gasteiger partial charge in [0.05, 0.1) is 16.4 Å². The van der Waals surface area contributed by atoms with Gasteiger partial charge < -0.3 is 5.32 Å². The van der Waals surface area contributed by atoms with E-state index in [2.05, 4.69) is 16.2 Å². The van der Waals surface area contributed by atoms with Crippen LogP contribution in [0.4, 0.5) is 5.69 Å². The molecule has 2 aromatic rings. The Morgan fingerprint density at radius 1 is 1.07 bits per heavy atom. The molecule has 3 amide bonds. The number of hydrazine groups is 1. The molecule has 0 aliphatic heterocycles. The summed E-state index contributed by atoms with van der Waals surface area (Å²) >= 11 is 2.67. The SMILES string of the molecule is Cc1cccc(NC(=O)CSCC(=O)NNC(=O)c2cc3c(s2)CCC3)c1. The fourth-order valence-corrected chi connectivity index (χ4v) is 4.59. The average molecular weight is 404 g/mol. The van der Waals surface area contributed by atoms with E-state index in [-0.39, 0.29) is 29.2 Å². The highest BCUT2D eigenvalue weighted by atomic mass is 32.2. The third-order valence-corrected chi connectivity index (χ3v) is 6.22. The zero-order valence-electron chi connectivity index (χ0n) is 15.0. The third kappa shape index (κ3) is 5.58. The molecule has 1 aliphatic rings. The molecule has 1 aliphatic carbocycles. The topological polar surface area (TPSA) is 87.3 Å². The lowest BCUT2D eigenvalue weighted by molar-refractivity contribution is -0.119. The van der Waals surface area contributed by atoms with Crippen molar-refractivity contribution in [3.63, 3.8) is 0 Å². The van der Waals surface area contributed by atoms with Crippen LogP contribution in [0.25, 0.3) is 0 Å². The molecule has 3 N–H and O–H groups in total. The molecule has 1 aromatic carbocycles. The highest BCUT2D eigenvalue weighted by Gasteiger charge is 2.18. The van der Waals surface area contributed by atoms with Gasteiger partial charge in [-0.3, -0.25) is 25.2 Å². The Labute approximate surface area is 166 Å². The van der Waals surface area contributed by atoms with Crippen LogP contribution >= 0.6 is 23.1 Å². The summed E-state index contributed by atoms with van der Waals surface area (Å²) in [5.41, 5.74) is 7.86. The van der Waals surface area contributed by atoms with Crippen molar-refractivity contribution < 1.29 is 14.4 Å². The van der Waals surface area contributed by atoms with Gasteiger partial charge in [0.2, 0.25) is 11.8 Å². The van der Waals surface area contributed by atoms with Gasteiger partial charge in [0, 0.05) is 10.6 Å². The summed E-state index contributed by atoms with van der Waals surface area (Å²) in [5, 5.41) is 2.79. The molecule has 0 bridgehead atoms. The minimum Gasteiger partial charge on any atom is -0.325 e. The molecule has 27 heavy (non-hydrogen) atoms. The van der Waals surface area contributed by atoms with E-state index < -0.39 is 0 Å². The van der Waals surface area contributed by atoms with Crippen LogP contribution in [0.1, 0.15) is 32.1 Å². The van der Waals surface area contributed by atoms with Crippen molar-refractivity contribution in [2.24, 2.45) is 0 Å². The lowest BCUT2D eigenvalue weighted by Crippen LogP contribution is -2.42. The van der Waals surface area contributed by atoms with Crippen LogP contribution in [0.3, 0.4) is 0 Å². The Morgan fingerprint density at radius 2 is 1.89 bits per heavy atom. The number of amides is 3. The molecule has 0 spiro atoms. The molecule has 0 radical (unpaired) electrons. The van der Waals surface area contributed by atoms with E-state index in [1.54, 1.807) is 0 Å². The number of hydrogen-bond donors (Lipinski definition) is 3. The highest BCUT2D eigenvalue weighted by molar-refractivity contribution is 8.00. The van der Waals surface area contributed by atoms with E-state index in [0.717, 1.165) is 30.5 Å². The fraction of sp³-hybridized carbons (Fsp3) is 0.316. The minimum atomic E-state index is -0.346. The van der Waals surface area contributed by atoms with Crippen LogP contribution in [0.5, 0.6) is 0 Å². The maximum atomic E-state index is 12.1. The number of carbonyl (C=O) groups excluding carboxylic acids is 3. The van der Waals surface area contributed by atoms with Gasteiger partial charge in [-0.2, -0.15) is 0 Å². The second-order valence-electron chi connectivity index (χ2n) is 6.33. The molecule has 3 rings (SSSR count). The number of fused-ring (bicyclic) bond motifs is 1. The Morgan fingerprint density at radius 3 is 2.67 bits per heavy atom. The van der Waals surface area contributed by atoms with Crippen molar-refractivity contribution in [1.82, 2.24) is 10.9 Å². The first kappa shape index (κ1) is 19.4. The van der Waals surface area contributed by atoms with Crippen LogP contribution in [-0.4, -0.2) is 29.2 Å². The molecule has 1 heterocycles. The molecule has 0 unspecified atom stereocenters. The number of aryl methyl sites for hydroxylation is 3. The Bertz CT molecular complexity index is 842. The maximum Gasteiger partial charge on any atom is 0.279 e. The lowest BCUT2D eigenvalue weighted by Gasteiger charge is -2.07. The van der Waals surface area contributed by atoms with Crippen LogP contribution < -0.4 is 16.2 Å². The quantitative estimate of drug-likeness (QED) is 0.647. The minimum absolute atomic E-state index is 0.0858. The molecule has 6 nitrogen and oxygen atoms in total. The van der Waals surface area contributed by atoms with Gasteiger partial charge in [0.1, 0.15) is 0 Å². The second kappa shape index (κ2) is 9.05. The number of hydrogen-bond acceptors (Lipinski definition) is 5. The smallest absolute Gasteiger partial charge is 0.279 e. The largest absolute Gasteiger partial charge is 0.325 e.